The molecule has 0 aromatic heterocycles. The minimum absolute atomic E-state index is 0. The summed E-state index contributed by atoms with van der Waals surface area (Å²) in [5, 5.41) is 19.4. The molecule has 0 aliphatic heterocycles. The van der Waals surface area contributed by atoms with Crippen LogP contribution in [0.25, 0.3) is 0 Å². The molecule has 21 heavy (non-hydrogen) atoms. The smallest absolute Gasteiger partial charge is 0.550 e. The monoisotopic (exact) mass is 322 g/mol. The van der Waals surface area contributed by atoms with Gasteiger partial charge in [0.15, 0.2) is 0 Å². The van der Waals surface area contributed by atoms with Crippen molar-refractivity contribution in [3.63, 3.8) is 0 Å². The van der Waals surface area contributed by atoms with Crippen molar-refractivity contribution < 1.29 is 80.4 Å². The van der Waals surface area contributed by atoms with Gasteiger partial charge < -0.3 is 15.0 Å². The van der Waals surface area contributed by atoms with Crippen LogP contribution in [-0.4, -0.2) is 29.0 Å². The van der Waals surface area contributed by atoms with E-state index in [4.69, 9.17) is 0 Å². The van der Waals surface area contributed by atoms with Crippen LogP contribution in [0.4, 0.5) is 4.39 Å². The Kier molecular flexibility index (Phi) is 9.58. The molecule has 9 heteroatoms. The fraction of sp³-hybridized carbons (Fsp3) is 0.250. The number of carbonyl (C=O) groups excluding carboxylic acids is 3. The van der Waals surface area contributed by atoms with Gasteiger partial charge in [0.25, 0.3) is 11.8 Å². The Morgan fingerprint density at radius 2 is 1.86 bits per heavy atom. The van der Waals surface area contributed by atoms with Gasteiger partial charge in [0.05, 0.1) is 5.56 Å². The molecule has 0 aliphatic carbocycles. The number of benzene rings is 1. The molecule has 0 saturated carbocycles. The van der Waals surface area contributed by atoms with Crippen LogP contribution in [0.1, 0.15) is 23.2 Å². The zero-order chi connectivity index (χ0) is 15.1. The van der Waals surface area contributed by atoms with E-state index in [0.717, 1.165) is 6.07 Å². The van der Waals surface area contributed by atoms with E-state index in [2.05, 4.69) is 0 Å². The summed E-state index contributed by atoms with van der Waals surface area (Å²) < 4.78 is 13.2. The van der Waals surface area contributed by atoms with E-state index in [-0.39, 0.29) is 63.4 Å². The van der Waals surface area contributed by atoms with Gasteiger partial charge >= 0.3 is 51.4 Å². The van der Waals surface area contributed by atoms with E-state index in [1.807, 2.05) is 10.9 Å². The molecule has 0 heterocycles. The second-order valence-electron chi connectivity index (χ2n) is 3.85. The Morgan fingerprint density at radius 1 is 1.24 bits per heavy atom. The van der Waals surface area contributed by atoms with Crippen LogP contribution in [0.15, 0.2) is 24.3 Å². The maximum Gasteiger partial charge on any atom is 1.00 e. The zero-order valence-corrected chi connectivity index (χ0v) is 14.4. The number of carbonyl (C=O) groups is 3. The summed E-state index contributed by atoms with van der Waals surface area (Å²) in [5.74, 6) is -4.08. The first-order chi connectivity index (χ1) is 9.41. The fourth-order valence-corrected chi connectivity index (χ4v) is 1.30. The number of hydrazine groups is 1. The van der Waals surface area contributed by atoms with Crippen molar-refractivity contribution in [2.45, 2.75) is 18.9 Å². The van der Waals surface area contributed by atoms with Gasteiger partial charge in [-0.2, -0.15) is 0 Å². The second kappa shape index (κ2) is 9.98. The first kappa shape index (κ1) is 20.2. The molecule has 1 atom stereocenters. The number of aliphatic hydroxyl groups is 1. The Labute approximate surface area is 162 Å². The molecule has 1 aromatic rings. The number of hydrogen-bond donors (Lipinski definition) is 3. The fourth-order valence-electron chi connectivity index (χ4n) is 1.30. The van der Waals surface area contributed by atoms with Gasteiger partial charge in [0.2, 0.25) is 0 Å². The number of rotatable bonds is 5. The Bertz CT molecular complexity index is 526. The minimum Gasteiger partial charge on any atom is -0.550 e. The van der Waals surface area contributed by atoms with E-state index in [0.29, 0.717) is 0 Å². The molecule has 7 nitrogen and oxygen atoms in total. The Morgan fingerprint density at radius 3 is 2.43 bits per heavy atom. The minimum atomic E-state index is -1.62. The number of amides is 2. The van der Waals surface area contributed by atoms with Crippen molar-refractivity contribution >= 4 is 17.8 Å². The molecular formula is C12H12FKN2O5. The maximum atomic E-state index is 13.2. The third kappa shape index (κ3) is 7.11. The van der Waals surface area contributed by atoms with E-state index in [9.17, 15) is 29.0 Å². The summed E-state index contributed by atoms with van der Waals surface area (Å²) in [4.78, 5) is 33.0. The number of nitrogens with one attached hydrogen (secondary N) is 2. The quantitative estimate of drug-likeness (QED) is 0.373. The van der Waals surface area contributed by atoms with Crippen molar-refractivity contribution in [3.05, 3.63) is 35.6 Å². The standard InChI is InChI=1S/C12H13FN2O5.K/c13-8-4-2-1-3-7(8)11(19)14-15-12(20)9(16)5-6-10(17)18;/h1-4,9,16H,5-6H2,(H,14,19)(H,15,20)(H,17,18);/q;+1/p-1/t9-;/m0./s1. The molecule has 0 radical (unpaired) electrons. The number of hydrogen-bond acceptors (Lipinski definition) is 5. The molecule has 0 saturated heterocycles. The normalized spacial score (nSPS) is 11.0. The predicted molar refractivity (Wildman–Crippen MR) is 62.3 cm³/mol. The van der Waals surface area contributed by atoms with Gasteiger partial charge in [0.1, 0.15) is 11.9 Å². The summed E-state index contributed by atoms with van der Waals surface area (Å²) >= 11 is 0. The van der Waals surface area contributed by atoms with Crippen LogP contribution < -0.4 is 67.3 Å². The first-order valence-corrected chi connectivity index (χ1v) is 5.64. The van der Waals surface area contributed by atoms with Crippen molar-refractivity contribution in [2.24, 2.45) is 0 Å². The second-order valence-corrected chi connectivity index (χ2v) is 3.85. The van der Waals surface area contributed by atoms with Gasteiger partial charge in [-0.15, -0.1) is 0 Å². The number of carboxylic acids is 1. The van der Waals surface area contributed by atoms with Crippen LogP contribution >= 0.6 is 0 Å². The summed E-state index contributed by atoms with van der Waals surface area (Å²) in [6.45, 7) is 0. The summed E-state index contributed by atoms with van der Waals surface area (Å²) in [7, 11) is 0. The van der Waals surface area contributed by atoms with Crippen LogP contribution in [0, 0.1) is 5.82 Å². The van der Waals surface area contributed by atoms with Gasteiger partial charge in [-0.25, -0.2) is 4.39 Å². The molecule has 0 spiro atoms. The van der Waals surface area contributed by atoms with Gasteiger partial charge in [-0.3, -0.25) is 20.4 Å². The molecule has 3 N–H and O–H groups in total. The van der Waals surface area contributed by atoms with Crippen molar-refractivity contribution in [3.8, 4) is 0 Å². The number of aliphatic hydroxyl groups excluding tert-OH is 1. The molecule has 1 rings (SSSR count). The van der Waals surface area contributed by atoms with E-state index >= 15 is 0 Å². The Balaban J connectivity index is 0.00000400. The SMILES string of the molecule is O=C([O-])CC[C@H](O)C(=O)NNC(=O)c1ccccc1F.[K+]. The first-order valence-electron chi connectivity index (χ1n) is 5.64. The molecule has 0 unspecified atom stereocenters. The molecule has 1 aromatic carbocycles. The number of carboxylic acid groups (broad SMARTS) is 1. The third-order valence-corrected chi connectivity index (χ3v) is 2.34. The number of aliphatic carboxylic acids is 1. The maximum absolute atomic E-state index is 13.2. The molecule has 0 aliphatic rings. The van der Waals surface area contributed by atoms with Crippen molar-refractivity contribution in [1.29, 1.82) is 0 Å². The van der Waals surface area contributed by atoms with Crippen molar-refractivity contribution in [1.82, 2.24) is 10.9 Å². The van der Waals surface area contributed by atoms with Gasteiger partial charge in [-0.1, -0.05) is 12.1 Å². The number of halogens is 1. The van der Waals surface area contributed by atoms with Gasteiger partial charge in [0, 0.05) is 5.97 Å². The van der Waals surface area contributed by atoms with Crippen LogP contribution in [0.2, 0.25) is 0 Å². The molecule has 108 valence electrons. The Hall–Kier alpha value is -0.844. The predicted octanol–water partition coefficient (Wildman–Crippen LogP) is -4.52. The van der Waals surface area contributed by atoms with Crippen LogP contribution in [-0.2, 0) is 9.59 Å². The largest absolute Gasteiger partial charge is 1.00 e. The molecular weight excluding hydrogens is 310 g/mol. The third-order valence-electron chi connectivity index (χ3n) is 2.34. The van der Waals surface area contributed by atoms with Crippen LogP contribution in [0.3, 0.4) is 0 Å². The average molecular weight is 322 g/mol. The van der Waals surface area contributed by atoms with E-state index in [1.165, 1.54) is 18.2 Å². The van der Waals surface area contributed by atoms with E-state index < -0.39 is 36.1 Å². The summed E-state index contributed by atoms with van der Waals surface area (Å²) in [6, 6.07) is 5.12. The summed E-state index contributed by atoms with van der Waals surface area (Å²) in [5.41, 5.74) is 3.49. The van der Waals surface area contributed by atoms with Crippen LogP contribution in [0.5, 0.6) is 0 Å². The topological polar surface area (TPSA) is 119 Å². The van der Waals surface area contributed by atoms with Crippen molar-refractivity contribution in [2.75, 3.05) is 0 Å². The van der Waals surface area contributed by atoms with E-state index in [1.54, 1.807) is 0 Å². The average Bonchev–Trinajstić information content (AvgIpc) is 2.42. The zero-order valence-electron chi connectivity index (χ0n) is 11.3. The molecule has 0 fully saturated rings. The molecule has 2 amide bonds. The van der Waals surface area contributed by atoms with Gasteiger partial charge in [-0.05, 0) is 25.0 Å². The molecule has 0 bridgehead atoms. The summed E-state index contributed by atoms with van der Waals surface area (Å²) in [6.07, 6.45) is -2.48.